The molecule has 0 spiro atoms. The summed E-state index contributed by atoms with van der Waals surface area (Å²) in [5.41, 5.74) is 3.72. The third-order valence-electron chi connectivity index (χ3n) is 3.72. The van der Waals surface area contributed by atoms with E-state index in [1.165, 1.54) is 11.1 Å². The molecule has 2 rings (SSSR count). The van der Waals surface area contributed by atoms with Gasteiger partial charge in [0.15, 0.2) is 0 Å². The molecular formula is C18H23NO2. The SMILES string of the molecule is CNC(Cc1ccc(C)cc1)c1ccc(OC)cc1OC. The molecule has 0 heterocycles. The molecule has 3 nitrogen and oxygen atoms in total. The first-order valence-electron chi connectivity index (χ1n) is 7.12. The van der Waals surface area contributed by atoms with Crippen LogP contribution in [0.25, 0.3) is 0 Å². The molecule has 1 atom stereocenters. The van der Waals surface area contributed by atoms with Gasteiger partial charge in [-0.3, -0.25) is 0 Å². The number of hydrogen-bond donors (Lipinski definition) is 1. The Morgan fingerprint density at radius 3 is 2.29 bits per heavy atom. The second kappa shape index (κ2) is 7.14. The lowest BCUT2D eigenvalue weighted by Crippen LogP contribution is -2.19. The minimum atomic E-state index is 0.202. The third kappa shape index (κ3) is 3.76. The molecular weight excluding hydrogens is 262 g/mol. The maximum Gasteiger partial charge on any atom is 0.127 e. The van der Waals surface area contributed by atoms with Crippen molar-refractivity contribution in [1.82, 2.24) is 5.32 Å². The molecule has 3 heteroatoms. The van der Waals surface area contributed by atoms with Crippen LogP contribution in [-0.2, 0) is 6.42 Å². The quantitative estimate of drug-likeness (QED) is 0.881. The van der Waals surface area contributed by atoms with Crippen molar-refractivity contribution in [2.75, 3.05) is 21.3 Å². The minimum absolute atomic E-state index is 0.202. The summed E-state index contributed by atoms with van der Waals surface area (Å²) in [7, 11) is 5.33. The Labute approximate surface area is 126 Å². The molecule has 112 valence electrons. The van der Waals surface area contributed by atoms with E-state index in [9.17, 15) is 0 Å². The molecule has 2 aromatic carbocycles. The molecule has 0 aliphatic heterocycles. The first kappa shape index (κ1) is 15.4. The monoisotopic (exact) mass is 285 g/mol. The molecule has 0 saturated carbocycles. The van der Waals surface area contributed by atoms with Gasteiger partial charge < -0.3 is 14.8 Å². The van der Waals surface area contributed by atoms with Crippen LogP contribution in [0.4, 0.5) is 0 Å². The summed E-state index contributed by atoms with van der Waals surface area (Å²) >= 11 is 0. The summed E-state index contributed by atoms with van der Waals surface area (Å²) in [4.78, 5) is 0. The normalized spacial score (nSPS) is 12.0. The van der Waals surface area contributed by atoms with E-state index in [0.29, 0.717) is 0 Å². The van der Waals surface area contributed by atoms with E-state index >= 15 is 0 Å². The summed E-state index contributed by atoms with van der Waals surface area (Å²) in [6.45, 7) is 2.10. The van der Waals surface area contributed by atoms with Crippen LogP contribution in [0.5, 0.6) is 11.5 Å². The van der Waals surface area contributed by atoms with Gasteiger partial charge in [-0.2, -0.15) is 0 Å². The zero-order chi connectivity index (χ0) is 15.2. The largest absolute Gasteiger partial charge is 0.497 e. The molecule has 21 heavy (non-hydrogen) atoms. The van der Waals surface area contributed by atoms with Gasteiger partial charge in [0.05, 0.1) is 14.2 Å². The van der Waals surface area contributed by atoms with Gasteiger partial charge >= 0.3 is 0 Å². The average Bonchev–Trinajstić information content (AvgIpc) is 2.53. The Morgan fingerprint density at radius 1 is 1.00 bits per heavy atom. The summed E-state index contributed by atoms with van der Waals surface area (Å²) in [6.07, 6.45) is 0.916. The fourth-order valence-electron chi connectivity index (χ4n) is 2.43. The Hall–Kier alpha value is -2.00. The van der Waals surface area contributed by atoms with Crippen LogP contribution in [-0.4, -0.2) is 21.3 Å². The summed E-state index contributed by atoms with van der Waals surface area (Å²) in [6, 6.07) is 14.8. The molecule has 2 aromatic rings. The van der Waals surface area contributed by atoms with E-state index in [4.69, 9.17) is 9.47 Å². The second-order valence-electron chi connectivity index (χ2n) is 5.14. The molecule has 0 aliphatic rings. The average molecular weight is 285 g/mol. The van der Waals surface area contributed by atoms with Crippen molar-refractivity contribution >= 4 is 0 Å². The number of nitrogens with one attached hydrogen (secondary N) is 1. The first-order valence-corrected chi connectivity index (χ1v) is 7.12. The molecule has 0 bridgehead atoms. The lowest BCUT2D eigenvalue weighted by atomic mass is 9.97. The van der Waals surface area contributed by atoms with E-state index in [1.807, 2.05) is 19.2 Å². The Balaban J connectivity index is 2.26. The molecule has 1 unspecified atom stereocenters. The summed E-state index contributed by atoms with van der Waals surface area (Å²) < 4.78 is 10.8. The second-order valence-corrected chi connectivity index (χ2v) is 5.14. The van der Waals surface area contributed by atoms with Gasteiger partial charge in [0, 0.05) is 17.7 Å². The fourth-order valence-corrected chi connectivity index (χ4v) is 2.43. The Kier molecular flexibility index (Phi) is 5.23. The predicted octanol–water partition coefficient (Wildman–Crippen LogP) is 3.52. The number of benzene rings is 2. The van der Waals surface area contributed by atoms with Crippen molar-refractivity contribution in [3.8, 4) is 11.5 Å². The highest BCUT2D eigenvalue weighted by atomic mass is 16.5. The predicted molar refractivity (Wildman–Crippen MR) is 86.2 cm³/mol. The molecule has 0 aliphatic carbocycles. The van der Waals surface area contributed by atoms with E-state index in [-0.39, 0.29) is 6.04 Å². The first-order chi connectivity index (χ1) is 10.2. The minimum Gasteiger partial charge on any atom is -0.497 e. The van der Waals surface area contributed by atoms with Crippen molar-refractivity contribution in [3.63, 3.8) is 0 Å². The zero-order valence-corrected chi connectivity index (χ0v) is 13.1. The van der Waals surface area contributed by atoms with Gasteiger partial charge in [0.25, 0.3) is 0 Å². The van der Waals surface area contributed by atoms with Crippen molar-refractivity contribution in [1.29, 1.82) is 0 Å². The van der Waals surface area contributed by atoms with Crippen LogP contribution in [0.2, 0.25) is 0 Å². The van der Waals surface area contributed by atoms with Gasteiger partial charge in [-0.05, 0) is 32.0 Å². The van der Waals surface area contributed by atoms with Crippen molar-refractivity contribution in [2.24, 2.45) is 0 Å². The van der Waals surface area contributed by atoms with E-state index in [1.54, 1.807) is 14.2 Å². The van der Waals surface area contributed by atoms with Crippen molar-refractivity contribution < 1.29 is 9.47 Å². The summed E-state index contributed by atoms with van der Waals surface area (Å²) in [5.74, 6) is 1.65. The Morgan fingerprint density at radius 2 is 1.71 bits per heavy atom. The van der Waals surface area contributed by atoms with Gasteiger partial charge in [-0.15, -0.1) is 0 Å². The Bertz CT molecular complexity index is 578. The highest BCUT2D eigenvalue weighted by molar-refractivity contribution is 5.43. The third-order valence-corrected chi connectivity index (χ3v) is 3.72. The number of rotatable bonds is 6. The molecule has 0 aromatic heterocycles. The highest BCUT2D eigenvalue weighted by Gasteiger charge is 2.15. The summed E-state index contributed by atoms with van der Waals surface area (Å²) in [5, 5.41) is 3.37. The van der Waals surface area contributed by atoms with E-state index < -0.39 is 0 Å². The van der Waals surface area contributed by atoms with E-state index in [0.717, 1.165) is 23.5 Å². The number of hydrogen-bond acceptors (Lipinski definition) is 3. The zero-order valence-electron chi connectivity index (χ0n) is 13.1. The van der Waals surface area contributed by atoms with Crippen molar-refractivity contribution in [2.45, 2.75) is 19.4 Å². The van der Waals surface area contributed by atoms with Crippen LogP contribution in [0.15, 0.2) is 42.5 Å². The topological polar surface area (TPSA) is 30.5 Å². The fraction of sp³-hybridized carbons (Fsp3) is 0.333. The maximum atomic E-state index is 5.51. The van der Waals surface area contributed by atoms with Gasteiger partial charge in [0.1, 0.15) is 11.5 Å². The van der Waals surface area contributed by atoms with Crippen molar-refractivity contribution in [3.05, 3.63) is 59.2 Å². The van der Waals surface area contributed by atoms with Gasteiger partial charge in [-0.25, -0.2) is 0 Å². The molecule has 1 N–H and O–H groups in total. The van der Waals surface area contributed by atoms with E-state index in [2.05, 4.69) is 42.6 Å². The smallest absolute Gasteiger partial charge is 0.127 e. The standard InChI is InChI=1S/C18H23NO2/c1-13-5-7-14(8-6-13)11-17(19-2)16-10-9-15(20-3)12-18(16)21-4/h5-10,12,17,19H,11H2,1-4H3. The van der Waals surface area contributed by atoms with Crippen LogP contribution < -0.4 is 14.8 Å². The number of aryl methyl sites for hydroxylation is 1. The number of methoxy groups -OCH3 is 2. The molecule has 0 fully saturated rings. The number of ether oxygens (including phenoxy) is 2. The van der Waals surface area contributed by atoms with Crippen LogP contribution in [0, 0.1) is 6.92 Å². The van der Waals surface area contributed by atoms with Gasteiger partial charge in [0.2, 0.25) is 0 Å². The lowest BCUT2D eigenvalue weighted by Gasteiger charge is -2.20. The lowest BCUT2D eigenvalue weighted by molar-refractivity contribution is 0.385. The van der Waals surface area contributed by atoms with Crippen LogP contribution >= 0.6 is 0 Å². The number of likely N-dealkylation sites (N-methyl/N-ethyl adjacent to an activating group) is 1. The van der Waals surface area contributed by atoms with Gasteiger partial charge in [-0.1, -0.05) is 35.9 Å². The molecule has 0 saturated heterocycles. The molecule has 0 amide bonds. The highest BCUT2D eigenvalue weighted by Crippen LogP contribution is 2.31. The van der Waals surface area contributed by atoms with Crippen LogP contribution in [0.1, 0.15) is 22.7 Å². The molecule has 0 radical (unpaired) electrons. The van der Waals surface area contributed by atoms with Crippen LogP contribution in [0.3, 0.4) is 0 Å². The maximum absolute atomic E-state index is 5.51.